The highest BCUT2D eigenvalue weighted by atomic mass is 16.6. The van der Waals surface area contributed by atoms with Gasteiger partial charge in [0.1, 0.15) is 22.8 Å². The Labute approximate surface area is 262 Å². The summed E-state index contributed by atoms with van der Waals surface area (Å²) in [7, 11) is 0. The Bertz CT molecular complexity index is 1570. The molecule has 0 radical (unpaired) electrons. The maximum atomic E-state index is 14.7. The third-order valence-electron chi connectivity index (χ3n) is 9.95. The van der Waals surface area contributed by atoms with Crippen molar-refractivity contribution in [2.45, 2.75) is 118 Å². The number of hydrogen-bond donors (Lipinski definition) is 2. The number of aromatic hydroxyl groups is 2. The molecule has 1 saturated heterocycles. The van der Waals surface area contributed by atoms with Gasteiger partial charge in [0.05, 0.1) is 5.60 Å². The number of ether oxygens (including phenoxy) is 2. The molecule has 0 amide bonds. The van der Waals surface area contributed by atoms with Crippen LogP contribution in [0.2, 0.25) is 0 Å². The predicted molar refractivity (Wildman–Crippen MR) is 173 cm³/mol. The van der Waals surface area contributed by atoms with E-state index >= 15 is 0 Å². The summed E-state index contributed by atoms with van der Waals surface area (Å²) in [6.45, 7) is 18.0. The Morgan fingerprint density at radius 2 is 1.52 bits per heavy atom. The Balaban J connectivity index is 1.71. The second-order valence-corrected chi connectivity index (χ2v) is 14.4. The van der Waals surface area contributed by atoms with Crippen LogP contribution in [-0.4, -0.2) is 38.6 Å². The molecular formula is C38H48O6. The maximum absolute atomic E-state index is 14.7. The number of allylic oxidation sites excluding steroid dienone is 8. The highest BCUT2D eigenvalue weighted by Gasteiger charge is 2.81. The van der Waals surface area contributed by atoms with E-state index in [1.807, 2.05) is 66.7 Å². The zero-order chi connectivity index (χ0) is 32.4. The van der Waals surface area contributed by atoms with Crippen molar-refractivity contribution >= 4 is 11.6 Å². The zero-order valence-corrected chi connectivity index (χ0v) is 27.8. The molecule has 1 saturated carbocycles. The van der Waals surface area contributed by atoms with Gasteiger partial charge in [0.15, 0.2) is 22.8 Å². The third kappa shape index (κ3) is 4.81. The van der Waals surface area contributed by atoms with Gasteiger partial charge in [-0.05, 0) is 94.4 Å². The van der Waals surface area contributed by atoms with Crippen LogP contribution < -0.4 is 4.74 Å². The smallest absolute Gasteiger partial charge is 0.200 e. The van der Waals surface area contributed by atoms with Crippen molar-refractivity contribution < 1.29 is 29.3 Å². The first-order valence-corrected chi connectivity index (χ1v) is 15.9. The van der Waals surface area contributed by atoms with Crippen LogP contribution in [0, 0.1) is 11.8 Å². The molecule has 2 N–H and O–H groups in total. The summed E-state index contributed by atoms with van der Waals surface area (Å²) < 4.78 is 13.8. The lowest BCUT2D eigenvalue weighted by Crippen LogP contribution is -2.72. The fourth-order valence-electron chi connectivity index (χ4n) is 7.76. The summed E-state index contributed by atoms with van der Waals surface area (Å²) in [4.78, 5) is 28.8. The number of carbonyl (C=O) groups excluding carboxylic acids is 2. The van der Waals surface area contributed by atoms with Gasteiger partial charge in [0, 0.05) is 35.0 Å². The van der Waals surface area contributed by atoms with Crippen LogP contribution in [0.5, 0.6) is 17.2 Å². The van der Waals surface area contributed by atoms with Gasteiger partial charge in [-0.25, -0.2) is 0 Å². The van der Waals surface area contributed by atoms with E-state index in [0.29, 0.717) is 29.5 Å². The van der Waals surface area contributed by atoms with Crippen LogP contribution in [-0.2, 0) is 22.4 Å². The number of benzene rings is 1. The largest absolute Gasteiger partial charge is 0.507 e. The van der Waals surface area contributed by atoms with Gasteiger partial charge in [0.2, 0.25) is 0 Å². The molecular weight excluding hydrogens is 552 g/mol. The molecule has 4 atom stereocenters. The number of fused-ring (bicyclic) bond motifs is 1. The zero-order valence-electron chi connectivity index (χ0n) is 27.8. The number of phenols is 2. The number of ketones is 2. The molecule has 6 heteroatoms. The van der Waals surface area contributed by atoms with E-state index in [4.69, 9.17) is 9.47 Å². The van der Waals surface area contributed by atoms with Gasteiger partial charge < -0.3 is 19.7 Å². The van der Waals surface area contributed by atoms with Crippen molar-refractivity contribution in [2.75, 3.05) is 0 Å². The highest BCUT2D eigenvalue weighted by Crippen LogP contribution is 2.68. The van der Waals surface area contributed by atoms with Gasteiger partial charge in [-0.1, -0.05) is 52.7 Å². The molecule has 2 aliphatic heterocycles. The Morgan fingerprint density at radius 3 is 2.16 bits per heavy atom. The molecule has 4 unspecified atom stereocenters. The van der Waals surface area contributed by atoms with Crippen LogP contribution in [0.15, 0.2) is 58.2 Å². The Kier molecular flexibility index (Phi) is 8.16. The molecule has 1 spiro atoms. The second-order valence-electron chi connectivity index (χ2n) is 14.4. The average molecular weight is 601 g/mol. The van der Waals surface area contributed by atoms with Crippen molar-refractivity contribution in [2.24, 2.45) is 11.8 Å². The van der Waals surface area contributed by atoms with Gasteiger partial charge in [-0.15, -0.1) is 0 Å². The molecule has 3 aliphatic carbocycles. The lowest BCUT2D eigenvalue weighted by molar-refractivity contribution is -0.171. The van der Waals surface area contributed by atoms with Crippen LogP contribution in [0.3, 0.4) is 0 Å². The SMILES string of the molecule is CC(C)=CCCC(C)=CCc1c(O)c(CC=C(C)C)c2c(c1O)C(=O)C1=CC3CC4C(C)(C)OC(CC=C(C)C)(C3=O)C14O2. The van der Waals surface area contributed by atoms with E-state index < -0.39 is 22.7 Å². The standard InChI is InChI=1S/C38H48O6/c1-21(2)11-10-12-24(7)14-16-26-31(39)27(15-13-22(3)4)34-30(32(26)40)33(41)28-19-25-20-29-36(8,9)44-37(35(25)42,18-17-23(5)6)38(28,29)43-34/h11,13-14,17,19,25,29,39-40H,10,12,15-16,18,20H2,1-9H3. The van der Waals surface area contributed by atoms with Crippen LogP contribution in [0.4, 0.5) is 0 Å². The molecule has 0 aromatic heterocycles. The maximum Gasteiger partial charge on any atom is 0.200 e. The fourth-order valence-corrected chi connectivity index (χ4v) is 7.76. The first-order valence-electron chi connectivity index (χ1n) is 15.9. The highest BCUT2D eigenvalue weighted by molar-refractivity contribution is 6.18. The van der Waals surface area contributed by atoms with Gasteiger partial charge in [0.25, 0.3) is 0 Å². The predicted octanol–water partition coefficient (Wildman–Crippen LogP) is 8.20. The molecule has 2 heterocycles. The van der Waals surface area contributed by atoms with Gasteiger partial charge >= 0.3 is 0 Å². The molecule has 6 rings (SSSR count). The van der Waals surface area contributed by atoms with E-state index in [1.165, 1.54) is 5.57 Å². The number of hydrogen-bond acceptors (Lipinski definition) is 6. The summed E-state index contributed by atoms with van der Waals surface area (Å²) in [6.07, 6.45) is 13.1. The summed E-state index contributed by atoms with van der Waals surface area (Å²) in [5, 5.41) is 23.5. The third-order valence-corrected chi connectivity index (χ3v) is 9.95. The van der Waals surface area contributed by atoms with Gasteiger partial charge in [-0.3, -0.25) is 9.59 Å². The summed E-state index contributed by atoms with van der Waals surface area (Å²) in [5.41, 5.74) is 2.21. The molecule has 1 aromatic carbocycles. The van der Waals surface area contributed by atoms with Crippen molar-refractivity contribution in [3.8, 4) is 17.2 Å². The number of Topliss-reactive ketones (excluding diaryl/α,β-unsaturated/α-hetero) is 2. The van der Waals surface area contributed by atoms with E-state index in [2.05, 4.69) is 19.9 Å². The van der Waals surface area contributed by atoms with E-state index in [1.54, 1.807) is 6.08 Å². The van der Waals surface area contributed by atoms with Crippen molar-refractivity contribution in [1.82, 2.24) is 0 Å². The van der Waals surface area contributed by atoms with E-state index in [-0.39, 0.29) is 53.1 Å². The average Bonchev–Trinajstić information content (AvgIpc) is 3.08. The summed E-state index contributed by atoms with van der Waals surface area (Å²) >= 11 is 0. The van der Waals surface area contributed by atoms with E-state index in [0.717, 1.165) is 29.6 Å². The quantitative estimate of drug-likeness (QED) is 0.278. The van der Waals surface area contributed by atoms with Crippen molar-refractivity contribution in [3.05, 3.63) is 74.9 Å². The lowest BCUT2D eigenvalue weighted by Gasteiger charge is -2.56. The minimum atomic E-state index is -1.39. The molecule has 236 valence electrons. The normalized spacial score (nSPS) is 27.7. The Hall–Kier alpha value is -3.38. The van der Waals surface area contributed by atoms with Crippen LogP contribution >= 0.6 is 0 Å². The molecule has 1 aromatic rings. The summed E-state index contributed by atoms with van der Waals surface area (Å²) in [5.74, 6) is -1.33. The number of rotatable bonds is 9. The molecule has 5 aliphatic rings. The van der Waals surface area contributed by atoms with Crippen LogP contribution in [0.1, 0.15) is 109 Å². The molecule has 6 nitrogen and oxygen atoms in total. The Morgan fingerprint density at radius 1 is 0.886 bits per heavy atom. The van der Waals surface area contributed by atoms with Crippen molar-refractivity contribution in [1.29, 1.82) is 0 Å². The first-order chi connectivity index (χ1) is 20.6. The molecule has 2 fully saturated rings. The monoisotopic (exact) mass is 600 g/mol. The van der Waals surface area contributed by atoms with E-state index in [9.17, 15) is 19.8 Å². The molecule has 44 heavy (non-hydrogen) atoms. The summed E-state index contributed by atoms with van der Waals surface area (Å²) in [6, 6.07) is 0. The van der Waals surface area contributed by atoms with Crippen molar-refractivity contribution in [3.63, 3.8) is 0 Å². The minimum Gasteiger partial charge on any atom is -0.507 e. The number of carbonyl (C=O) groups is 2. The van der Waals surface area contributed by atoms with Gasteiger partial charge in [-0.2, -0.15) is 0 Å². The molecule has 4 bridgehead atoms. The van der Waals surface area contributed by atoms with Crippen LogP contribution in [0.25, 0.3) is 0 Å². The fraction of sp³-hybridized carbons (Fsp3) is 0.526. The minimum absolute atomic E-state index is 0.0667. The number of phenolic OH excluding ortho intramolecular Hbond substituents is 2. The second kappa shape index (κ2) is 11.2. The topological polar surface area (TPSA) is 93.1 Å². The first kappa shape index (κ1) is 32.0. The lowest BCUT2D eigenvalue weighted by atomic mass is 9.51.